The van der Waals surface area contributed by atoms with Crippen molar-refractivity contribution in [2.24, 2.45) is 0 Å². The van der Waals surface area contributed by atoms with Crippen LogP contribution in [0.2, 0.25) is 0 Å². The summed E-state index contributed by atoms with van der Waals surface area (Å²) in [5.74, 6) is -0.0758. The smallest absolute Gasteiger partial charge is 0.251 e. The fourth-order valence-corrected chi connectivity index (χ4v) is 0.840. The van der Waals surface area contributed by atoms with Crippen molar-refractivity contribution >= 4 is 5.91 Å². The number of carbonyl (C=O) groups is 1. The molecule has 1 atom stereocenters. The zero-order valence-electron chi connectivity index (χ0n) is 5.92. The van der Waals surface area contributed by atoms with Gasteiger partial charge in [0.15, 0.2) is 6.10 Å². The zero-order valence-corrected chi connectivity index (χ0v) is 5.92. The number of morpholine rings is 1. The minimum absolute atomic E-state index is 0.0758. The van der Waals surface area contributed by atoms with Gasteiger partial charge in [0.25, 0.3) is 5.91 Å². The van der Waals surface area contributed by atoms with Gasteiger partial charge < -0.3 is 14.8 Å². The van der Waals surface area contributed by atoms with Crippen LogP contribution in [0.15, 0.2) is 0 Å². The van der Waals surface area contributed by atoms with Gasteiger partial charge in [0.1, 0.15) is 0 Å². The van der Waals surface area contributed by atoms with E-state index >= 15 is 0 Å². The van der Waals surface area contributed by atoms with Crippen LogP contribution in [0.1, 0.15) is 0 Å². The fourth-order valence-electron chi connectivity index (χ4n) is 0.840. The van der Waals surface area contributed by atoms with Crippen molar-refractivity contribution < 1.29 is 14.3 Å². The van der Waals surface area contributed by atoms with Crippen molar-refractivity contribution in [2.75, 3.05) is 26.9 Å². The van der Waals surface area contributed by atoms with Crippen molar-refractivity contribution in [3.63, 3.8) is 0 Å². The molecule has 0 aromatic rings. The lowest BCUT2D eigenvalue weighted by Gasteiger charge is -2.21. The third-order valence-electron chi connectivity index (χ3n) is 1.33. The van der Waals surface area contributed by atoms with Crippen molar-refractivity contribution in [1.82, 2.24) is 5.32 Å². The molecule has 1 aliphatic heterocycles. The number of carbonyl (C=O) groups excluding carboxylic acids is 1. The number of nitrogens with one attached hydrogen (secondary N) is 1. The summed E-state index contributed by atoms with van der Waals surface area (Å²) < 4.78 is 9.86. The molecule has 0 saturated carbocycles. The maximum Gasteiger partial charge on any atom is 0.251 e. The van der Waals surface area contributed by atoms with E-state index in [0.29, 0.717) is 19.8 Å². The molecule has 1 fully saturated rings. The van der Waals surface area contributed by atoms with Crippen LogP contribution < -0.4 is 5.32 Å². The molecule has 0 aliphatic carbocycles. The molecule has 1 rings (SSSR count). The summed E-state index contributed by atoms with van der Waals surface area (Å²) in [4.78, 5) is 10.9. The van der Waals surface area contributed by atoms with Crippen molar-refractivity contribution in [3.8, 4) is 0 Å². The van der Waals surface area contributed by atoms with E-state index in [0.717, 1.165) is 0 Å². The second-order valence-corrected chi connectivity index (χ2v) is 2.11. The molecule has 4 heteroatoms. The predicted octanol–water partition coefficient (Wildman–Crippen LogP) is -0.852. The Morgan fingerprint density at radius 2 is 2.70 bits per heavy atom. The number of rotatable bonds is 2. The summed E-state index contributed by atoms with van der Waals surface area (Å²) in [6.07, 6.45) is -0.404. The van der Waals surface area contributed by atoms with Crippen molar-refractivity contribution in [3.05, 3.63) is 0 Å². The molecule has 4 nitrogen and oxygen atoms in total. The third kappa shape index (κ3) is 1.68. The molecule has 1 unspecified atom stereocenters. The Morgan fingerprint density at radius 3 is 3.30 bits per heavy atom. The summed E-state index contributed by atoms with van der Waals surface area (Å²) in [6.45, 7) is 1.53. The fraction of sp³-hybridized carbons (Fsp3) is 0.833. The molecular formula is C6H11NO3. The predicted molar refractivity (Wildman–Crippen MR) is 34.6 cm³/mol. The maximum atomic E-state index is 10.9. The van der Waals surface area contributed by atoms with Crippen molar-refractivity contribution in [2.45, 2.75) is 6.10 Å². The highest BCUT2D eigenvalue weighted by molar-refractivity contribution is 5.81. The average molecular weight is 145 g/mol. The first kappa shape index (κ1) is 7.50. The van der Waals surface area contributed by atoms with E-state index in [2.05, 4.69) is 5.32 Å². The molecule has 0 spiro atoms. The van der Waals surface area contributed by atoms with Gasteiger partial charge in [-0.2, -0.15) is 0 Å². The van der Waals surface area contributed by atoms with Crippen LogP contribution in [-0.2, 0) is 14.3 Å². The zero-order chi connectivity index (χ0) is 7.40. The van der Waals surface area contributed by atoms with Gasteiger partial charge in [-0.15, -0.1) is 0 Å². The highest BCUT2D eigenvalue weighted by atomic mass is 16.5. The Balaban J connectivity index is 2.32. The van der Waals surface area contributed by atoms with Gasteiger partial charge in [-0.25, -0.2) is 0 Å². The lowest BCUT2D eigenvalue weighted by Crippen LogP contribution is -2.46. The third-order valence-corrected chi connectivity index (χ3v) is 1.33. The first-order chi connectivity index (χ1) is 4.84. The minimum atomic E-state index is -0.404. The number of hydrogen-bond acceptors (Lipinski definition) is 3. The quantitative estimate of drug-likeness (QED) is 0.550. The van der Waals surface area contributed by atoms with Gasteiger partial charge >= 0.3 is 0 Å². The van der Waals surface area contributed by atoms with Gasteiger partial charge in [0.2, 0.25) is 0 Å². The molecule has 1 N–H and O–H groups in total. The number of methoxy groups -OCH3 is 1. The summed E-state index contributed by atoms with van der Waals surface area (Å²) in [6, 6.07) is 0. The van der Waals surface area contributed by atoms with Crippen LogP contribution in [0.5, 0.6) is 0 Å². The van der Waals surface area contributed by atoms with Gasteiger partial charge in [-0.3, -0.25) is 4.79 Å². The Bertz CT molecular complexity index is 124. The van der Waals surface area contributed by atoms with E-state index in [9.17, 15) is 4.79 Å². The molecule has 0 bridgehead atoms. The lowest BCUT2D eigenvalue weighted by molar-refractivity contribution is -0.141. The van der Waals surface area contributed by atoms with E-state index in [1.165, 1.54) is 0 Å². The Kier molecular flexibility index (Phi) is 2.65. The first-order valence-electron chi connectivity index (χ1n) is 3.23. The molecule has 0 aromatic heterocycles. The molecule has 58 valence electrons. The molecule has 1 saturated heterocycles. The van der Waals surface area contributed by atoms with E-state index in [-0.39, 0.29) is 5.91 Å². The molecular weight excluding hydrogens is 134 g/mol. The molecule has 1 amide bonds. The van der Waals surface area contributed by atoms with Crippen LogP contribution in [0.4, 0.5) is 0 Å². The topological polar surface area (TPSA) is 47.6 Å². The second-order valence-electron chi connectivity index (χ2n) is 2.11. The maximum absolute atomic E-state index is 10.9. The second kappa shape index (κ2) is 3.53. The number of amides is 1. The van der Waals surface area contributed by atoms with Crippen molar-refractivity contribution in [1.29, 1.82) is 0 Å². The Labute approximate surface area is 59.5 Å². The highest BCUT2D eigenvalue weighted by Crippen LogP contribution is 1.96. The molecule has 0 aromatic carbocycles. The SMILES string of the molecule is COCC1OCCNC1=O. The number of hydrogen-bond donors (Lipinski definition) is 1. The Hall–Kier alpha value is -0.610. The van der Waals surface area contributed by atoms with E-state index in [1.54, 1.807) is 7.11 Å². The van der Waals surface area contributed by atoms with Crippen LogP contribution >= 0.6 is 0 Å². The standard InChI is InChI=1S/C6H11NO3/c1-9-4-5-6(8)7-2-3-10-5/h5H,2-4H2,1H3,(H,7,8). The van der Waals surface area contributed by atoms with Gasteiger partial charge in [-0.1, -0.05) is 0 Å². The molecule has 1 heterocycles. The normalized spacial score (nSPS) is 26.1. The van der Waals surface area contributed by atoms with Crippen LogP contribution in [0, 0.1) is 0 Å². The summed E-state index contributed by atoms with van der Waals surface area (Å²) in [5.41, 5.74) is 0. The van der Waals surface area contributed by atoms with Crippen LogP contribution in [-0.4, -0.2) is 38.9 Å². The average Bonchev–Trinajstić information content (AvgIpc) is 1.94. The molecule has 1 aliphatic rings. The van der Waals surface area contributed by atoms with E-state index in [1.807, 2.05) is 0 Å². The van der Waals surface area contributed by atoms with Gasteiger partial charge in [0, 0.05) is 13.7 Å². The molecule has 0 radical (unpaired) electrons. The largest absolute Gasteiger partial charge is 0.381 e. The number of ether oxygens (including phenoxy) is 2. The van der Waals surface area contributed by atoms with Gasteiger partial charge in [0.05, 0.1) is 13.2 Å². The van der Waals surface area contributed by atoms with Gasteiger partial charge in [-0.05, 0) is 0 Å². The van der Waals surface area contributed by atoms with Crippen LogP contribution in [0.25, 0.3) is 0 Å². The highest BCUT2D eigenvalue weighted by Gasteiger charge is 2.21. The molecule has 10 heavy (non-hydrogen) atoms. The van der Waals surface area contributed by atoms with E-state index in [4.69, 9.17) is 9.47 Å². The summed E-state index contributed by atoms with van der Waals surface area (Å²) in [5, 5.41) is 2.67. The monoisotopic (exact) mass is 145 g/mol. The Morgan fingerprint density at radius 1 is 1.90 bits per heavy atom. The van der Waals surface area contributed by atoms with E-state index < -0.39 is 6.10 Å². The first-order valence-corrected chi connectivity index (χ1v) is 3.23. The lowest BCUT2D eigenvalue weighted by atomic mass is 10.3. The van der Waals surface area contributed by atoms with Crippen LogP contribution in [0.3, 0.4) is 0 Å². The minimum Gasteiger partial charge on any atom is -0.381 e. The summed E-state index contributed by atoms with van der Waals surface area (Å²) in [7, 11) is 1.55. The summed E-state index contributed by atoms with van der Waals surface area (Å²) >= 11 is 0.